The van der Waals surface area contributed by atoms with E-state index in [9.17, 15) is 25.3 Å². The van der Waals surface area contributed by atoms with E-state index < -0.39 is 30.1 Å². The van der Waals surface area contributed by atoms with Gasteiger partial charge in [0.1, 0.15) is 0 Å². The molecule has 10 nitrogen and oxygen atoms in total. The highest BCUT2D eigenvalue weighted by molar-refractivity contribution is 7.90. The lowest BCUT2D eigenvalue weighted by Crippen LogP contribution is -2.37. The van der Waals surface area contributed by atoms with Crippen molar-refractivity contribution in [3.05, 3.63) is 90.3 Å². The highest BCUT2D eigenvalue weighted by Gasteiger charge is 2.30. The minimum atomic E-state index is -3.76. The number of nitrogens with zero attached hydrogens (tertiary/aromatic N) is 3. The van der Waals surface area contributed by atoms with Crippen molar-refractivity contribution in [3.63, 3.8) is 0 Å². The minimum absolute atomic E-state index is 0.191. The largest absolute Gasteiger partial charge is 0.361 e. The van der Waals surface area contributed by atoms with Gasteiger partial charge in [-0.2, -0.15) is 8.61 Å². The molecule has 2 saturated heterocycles. The fourth-order valence-corrected chi connectivity index (χ4v) is 11.0. The first kappa shape index (κ1) is 35.3. The first-order valence-corrected chi connectivity index (χ1v) is 21.0. The van der Waals surface area contributed by atoms with Crippen molar-refractivity contribution >= 4 is 51.9 Å². The third-order valence-corrected chi connectivity index (χ3v) is 15.3. The zero-order valence-electron chi connectivity index (χ0n) is 28.3. The predicted molar refractivity (Wildman–Crippen MR) is 193 cm³/mol. The maximum Gasteiger partial charge on any atom is 0.268 e. The molecule has 2 aliphatic rings. The summed E-state index contributed by atoms with van der Waals surface area (Å²) in [5.74, 6) is 1.15. The Hall–Kier alpha value is -3.49. The number of benzene rings is 3. The number of nitrogens with one attached hydrogen (secondary N) is 1. The van der Waals surface area contributed by atoms with Gasteiger partial charge in [-0.25, -0.2) is 29.2 Å². The van der Waals surface area contributed by atoms with Gasteiger partial charge < -0.3 is 4.98 Å². The first-order chi connectivity index (χ1) is 23.2. The molecule has 13 heteroatoms. The van der Waals surface area contributed by atoms with Crippen molar-refractivity contribution in [3.8, 4) is 0 Å². The molecule has 0 bridgehead atoms. The first-order valence-electron chi connectivity index (χ1n) is 16.7. The lowest BCUT2D eigenvalue weighted by atomic mass is 10.0. The van der Waals surface area contributed by atoms with Crippen LogP contribution >= 0.6 is 0 Å². The van der Waals surface area contributed by atoms with Crippen LogP contribution in [0.25, 0.3) is 21.8 Å². The maximum atomic E-state index is 13.1. The number of aryl methyl sites for hydroxylation is 2. The van der Waals surface area contributed by atoms with Crippen LogP contribution in [0.1, 0.15) is 50.7 Å². The van der Waals surface area contributed by atoms with E-state index in [0.29, 0.717) is 59.4 Å². The van der Waals surface area contributed by atoms with Crippen LogP contribution in [0.3, 0.4) is 0 Å². The summed E-state index contributed by atoms with van der Waals surface area (Å²) in [6.45, 7) is 10.4. The fourth-order valence-electron chi connectivity index (χ4n) is 6.55. The number of hydrogen-bond donors (Lipinski definition) is 1. The Morgan fingerprint density at radius 1 is 0.592 bits per heavy atom. The van der Waals surface area contributed by atoms with E-state index in [2.05, 4.69) is 18.8 Å². The molecule has 49 heavy (non-hydrogen) atoms. The zero-order valence-corrected chi connectivity index (χ0v) is 30.8. The Kier molecular flexibility index (Phi) is 9.86. The number of aromatic nitrogens is 2. The van der Waals surface area contributed by atoms with Crippen LogP contribution in [0.5, 0.6) is 0 Å². The highest BCUT2D eigenvalue weighted by atomic mass is 32.2. The Morgan fingerprint density at radius 3 is 1.65 bits per heavy atom. The zero-order chi connectivity index (χ0) is 35.1. The summed E-state index contributed by atoms with van der Waals surface area (Å²) in [6.07, 6.45) is 7.06. The lowest BCUT2D eigenvalue weighted by Gasteiger charge is -2.29. The molecule has 4 heterocycles. The molecule has 262 valence electrons. The molecule has 0 aliphatic carbocycles. The van der Waals surface area contributed by atoms with Gasteiger partial charge in [0, 0.05) is 54.9 Å². The van der Waals surface area contributed by atoms with Crippen LogP contribution in [0.4, 0.5) is 0 Å². The van der Waals surface area contributed by atoms with E-state index in [4.69, 9.17) is 0 Å². The molecule has 1 N–H and O–H groups in total. The van der Waals surface area contributed by atoms with E-state index in [1.807, 2.05) is 19.2 Å². The average molecular weight is 725 g/mol. The van der Waals surface area contributed by atoms with E-state index in [1.54, 1.807) is 72.0 Å². The summed E-state index contributed by atoms with van der Waals surface area (Å²) in [5, 5.41) is 1.60. The van der Waals surface area contributed by atoms with E-state index in [1.165, 1.54) is 14.3 Å². The quantitative estimate of drug-likeness (QED) is 0.213. The van der Waals surface area contributed by atoms with Gasteiger partial charge >= 0.3 is 0 Å². The number of H-pyrrole nitrogens is 1. The van der Waals surface area contributed by atoms with Gasteiger partial charge in [-0.3, -0.25) is 0 Å². The van der Waals surface area contributed by atoms with Gasteiger partial charge in [0.25, 0.3) is 10.0 Å². The summed E-state index contributed by atoms with van der Waals surface area (Å²) in [6, 6.07) is 18.2. The maximum absolute atomic E-state index is 13.1. The second-order valence-corrected chi connectivity index (χ2v) is 19.1. The normalized spacial score (nSPS) is 17.7. The van der Waals surface area contributed by atoms with Crippen LogP contribution in [0.2, 0.25) is 0 Å². The van der Waals surface area contributed by atoms with E-state index >= 15 is 0 Å². The molecule has 0 radical (unpaired) electrons. The number of sulfonamides is 2. The molecular formula is C36H44N4O6S3. The number of piperidine rings is 2. The fraction of sp³-hybridized carbons (Fsp3) is 0.389. The van der Waals surface area contributed by atoms with Crippen molar-refractivity contribution in [2.75, 3.05) is 26.2 Å². The van der Waals surface area contributed by atoms with Crippen LogP contribution in [0.15, 0.2) is 93.8 Å². The number of aromatic amines is 1. The highest BCUT2D eigenvalue weighted by Crippen LogP contribution is 2.31. The van der Waals surface area contributed by atoms with Crippen molar-refractivity contribution in [1.29, 1.82) is 0 Å². The molecule has 2 aliphatic heterocycles. The summed E-state index contributed by atoms with van der Waals surface area (Å²) in [4.78, 5) is 3.95. The summed E-state index contributed by atoms with van der Waals surface area (Å²) in [7, 11) is -10.7. The smallest absolute Gasteiger partial charge is 0.268 e. The second kappa shape index (κ2) is 13.7. The molecule has 0 spiro atoms. The van der Waals surface area contributed by atoms with Crippen molar-refractivity contribution in [1.82, 2.24) is 17.6 Å². The average Bonchev–Trinajstić information content (AvgIpc) is 3.64. The topological polar surface area (TPSA) is 130 Å². The summed E-state index contributed by atoms with van der Waals surface area (Å²) in [5.41, 5.74) is 3.24. The Balaban J connectivity index is 0.000000182. The number of hydrogen-bond acceptors (Lipinski definition) is 6. The molecule has 0 saturated carbocycles. The van der Waals surface area contributed by atoms with Gasteiger partial charge in [0.2, 0.25) is 20.0 Å². The molecule has 2 aromatic heterocycles. The minimum Gasteiger partial charge on any atom is -0.361 e. The monoisotopic (exact) mass is 724 g/mol. The molecule has 0 atom stereocenters. The standard InChI is InChI=1S/C21H24N2O4S2.C15H20N2O2S/c1-16-10-12-22(13-11-16)28(24,25)19-8-9-21-20(14-19)17(2)15-23(21)29(26,27)18-6-4-3-5-7-18;1-11-5-7-17(8-6-11)20(18,19)13-3-4-15-14(9-13)12(2)10-16-15/h3-9,14-16H,10-13H2,1-2H3;3-4,9-11,16H,5-8H2,1-2H3. The second-order valence-electron chi connectivity index (χ2n) is 13.5. The molecule has 3 aromatic carbocycles. The number of fused-ring (bicyclic) bond motifs is 2. The molecule has 0 unspecified atom stereocenters. The van der Waals surface area contributed by atoms with E-state index in [0.717, 1.165) is 42.1 Å². The SMILES string of the molecule is Cc1c[nH]c2ccc(S(=O)(=O)N3CCC(C)CC3)cc12.Cc1cn(S(=O)(=O)c2ccccc2)c2ccc(S(=O)(=O)N3CCC(C)CC3)cc12. The summed E-state index contributed by atoms with van der Waals surface area (Å²) >= 11 is 0. The summed E-state index contributed by atoms with van der Waals surface area (Å²) < 4.78 is 82.0. The molecule has 0 amide bonds. The van der Waals surface area contributed by atoms with Gasteiger partial charge in [0.15, 0.2) is 0 Å². The molecular weight excluding hydrogens is 681 g/mol. The van der Waals surface area contributed by atoms with Crippen LogP contribution in [-0.2, 0) is 30.1 Å². The van der Waals surface area contributed by atoms with Crippen molar-refractivity contribution < 1.29 is 25.3 Å². The Morgan fingerprint density at radius 2 is 1.10 bits per heavy atom. The lowest BCUT2D eigenvalue weighted by molar-refractivity contribution is 0.287. The third kappa shape index (κ3) is 6.96. The van der Waals surface area contributed by atoms with Gasteiger partial charge in [-0.15, -0.1) is 0 Å². The van der Waals surface area contributed by atoms with Crippen molar-refractivity contribution in [2.45, 2.75) is 68.1 Å². The molecule has 5 aromatic rings. The number of rotatable bonds is 6. The van der Waals surface area contributed by atoms with E-state index in [-0.39, 0.29) is 9.79 Å². The van der Waals surface area contributed by atoms with Crippen LogP contribution in [0, 0.1) is 25.7 Å². The van der Waals surface area contributed by atoms with Gasteiger partial charge in [-0.05, 0) is 111 Å². The Bertz CT molecular complexity index is 2300. The predicted octanol–water partition coefficient (Wildman–Crippen LogP) is 6.50. The Labute approximate surface area is 289 Å². The van der Waals surface area contributed by atoms with Crippen LogP contribution in [-0.4, -0.2) is 69.0 Å². The third-order valence-electron chi connectivity index (χ3n) is 9.86. The van der Waals surface area contributed by atoms with Crippen LogP contribution < -0.4 is 0 Å². The molecule has 2 fully saturated rings. The van der Waals surface area contributed by atoms with Gasteiger partial charge in [0.05, 0.1) is 20.2 Å². The van der Waals surface area contributed by atoms with Gasteiger partial charge in [-0.1, -0.05) is 32.0 Å². The van der Waals surface area contributed by atoms with Crippen molar-refractivity contribution in [2.24, 2.45) is 11.8 Å². The molecule has 7 rings (SSSR count).